The molecule has 1 atom stereocenters. The van der Waals surface area contributed by atoms with E-state index in [4.69, 9.17) is 4.74 Å². The first-order valence-electron chi connectivity index (χ1n) is 11.1. The molecule has 0 radical (unpaired) electrons. The van der Waals surface area contributed by atoms with E-state index in [-0.39, 0.29) is 25.2 Å². The van der Waals surface area contributed by atoms with Crippen LogP contribution in [0.5, 0.6) is 0 Å². The molecular weight excluding hydrogens is 539 g/mol. The predicted molar refractivity (Wildman–Crippen MR) is 133 cm³/mol. The van der Waals surface area contributed by atoms with Crippen molar-refractivity contribution < 1.29 is 35.9 Å². The molecular formula is C22H30F3N3O5S3. The van der Waals surface area contributed by atoms with E-state index in [1.54, 1.807) is 25.7 Å². The topological polar surface area (TPSA) is 105 Å². The van der Waals surface area contributed by atoms with Crippen LogP contribution >= 0.6 is 22.7 Å². The van der Waals surface area contributed by atoms with E-state index in [0.29, 0.717) is 13.1 Å². The van der Waals surface area contributed by atoms with Gasteiger partial charge in [-0.2, -0.15) is 13.2 Å². The Labute approximate surface area is 216 Å². The third-order valence-electron chi connectivity index (χ3n) is 4.67. The summed E-state index contributed by atoms with van der Waals surface area (Å²) in [6.45, 7) is 5.20. The lowest BCUT2D eigenvalue weighted by Crippen LogP contribution is -2.49. The summed E-state index contributed by atoms with van der Waals surface area (Å²) in [6, 6.07) is 6.50. The first-order chi connectivity index (χ1) is 16.7. The molecule has 0 saturated heterocycles. The van der Waals surface area contributed by atoms with E-state index in [9.17, 15) is 31.2 Å². The van der Waals surface area contributed by atoms with Crippen LogP contribution in [0.4, 0.5) is 18.0 Å². The zero-order chi connectivity index (χ0) is 27.0. The van der Waals surface area contributed by atoms with Crippen LogP contribution in [0.3, 0.4) is 0 Å². The van der Waals surface area contributed by atoms with Gasteiger partial charge >= 0.3 is 21.6 Å². The molecule has 0 fully saturated rings. The Balaban J connectivity index is 2.11. The van der Waals surface area contributed by atoms with Crippen LogP contribution in [0.2, 0.25) is 0 Å². The zero-order valence-electron chi connectivity index (χ0n) is 20.1. The van der Waals surface area contributed by atoms with E-state index < -0.39 is 39.8 Å². The maximum atomic E-state index is 13.6. The molecule has 2 rings (SSSR count). The van der Waals surface area contributed by atoms with Crippen LogP contribution < -0.4 is 10.0 Å². The second kappa shape index (κ2) is 12.9. The van der Waals surface area contributed by atoms with Gasteiger partial charge in [0.25, 0.3) is 0 Å². The van der Waals surface area contributed by atoms with Gasteiger partial charge in [0.2, 0.25) is 5.91 Å². The van der Waals surface area contributed by atoms with Gasteiger partial charge in [-0.1, -0.05) is 12.1 Å². The fourth-order valence-electron chi connectivity index (χ4n) is 3.08. The van der Waals surface area contributed by atoms with Crippen LogP contribution in [-0.2, 0) is 32.6 Å². The van der Waals surface area contributed by atoms with Crippen molar-refractivity contribution in [2.45, 2.75) is 70.3 Å². The molecule has 0 aliphatic heterocycles. The Morgan fingerprint density at radius 2 is 1.58 bits per heavy atom. The standard InChI is InChI=1S/C22H30F3N3O5S3/c1-21(2,3)33-20(30)27-18(10-4-5-11-26-36(31,32)22(23,24)25)19(29)28(14-16-8-6-12-34-16)15-17-9-7-13-35-17/h6-9,12-13,18,26H,4-5,10-11,14-15H2,1-3H3,(H,27,30)/t18-/m0/s1. The summed E-state index contributed by atoms with van der Waals surface area (Å²) >= 11 is 2.97. The molecule has 0 unspecified atom stereocenters. The zero-order valence-corrected chi connectivity index (χ0v) is 22.6. The summed E-state index contributed by atoms with van der Waals surface area (Å²) in [5.74, 6) is -0.376. The normalized spacial score (nSPS) is 13.3. The SMILES string of the molecule is CC(C)(C)OC(=O)N[C@@H](CCCCNS(=O)(=O)C(F)(F)F)C(=O)N(Cc1cccs1)Cc1cccs1. The first-order valence-corrected chi connectivity index (χ1v) is 14.3. The number of carbonyl (C=O) groups excluding carboxylic acids is 2. The predicted octanol–water partition coefficient (Wildman–Crippen LogP) is 4.84. The summed E-state index contributed by atoms with van der Waals surface area (Å²) in [7, 11) is -5.44. The number of alkyl halides is 3. The monoisotopic (exact) mass is 569 g/mol. The van der Waals surface area contributed by atoms with E-state index in [1.807, 2.05) is 35.0 Å². The average Bonchev–Trinajstić information content (AvgIpc) is 3.43. The van der Waals surface area contributed by atoms with Gasteiger partial charge in [-0.25, -0.2) is 17.9 Å². The maximum absolute atomic E-state index is 13.6. The lowest BCUT2D eigenvalue weighted by molar-refractivity contribution is -0.134. The number of nitrogens with zero attached hydrogens (tertiary/aromatic N) is 1. The number of hydrogen-bond acceptors (Lipinski definition) is 7. The Kier molecular flexibility index (Phi) is 10.8. The fraction of sp³-hybridized carbons (Fsp3) is 0.545. The van der Waals surface area contributed by atoms with Gasteiger partial charge in [0.05, 0.1) is 13.1 Å². The largest absolute Gasteiger partial charge is 0.511 e. The highest BCUT2D eigenvalue weighted by molar-refractivity contribution is 7.90. The van der Waals surface area contributed by atoms with Crippen LogP contribution in [-0.4, -0.2) is 49.0 Å². The summed E-state index contributed by atoms with van der Waals surface area (Å²) in [6.07, 6.45) is -0.508. The Morgan fingerprint density at radius 3 is 2.03 bits per heavy atom. The number of thiophene rings is 2. The van der Waals surface area contributed by atoms with E-state index in [0.717, 1.165) is 9.75 Å². The lowest BCUT2D eigenvalue weighted by atomic mass is 10.1. The second-order valence-electron chi connectivity index (χ2n) is 8.89. The number of ether oxygens (including phenoxy) is 1. The summed E-state index contributed by atoms with van der Waals surface area (Å²) in [4.78, 5) is 29.5. The number of nitrogens with one attached hydrogen (secondary N) is 2. The van der Waals surface area contributed by atoms with Gasteiger partial charge in [0.15, 0.2) is 0 Å². The van der Waals surface area contributed by atoms with Crippen molar-refractivity contribution in [3.63, 3.8) is 0 Å². The molecule has 0 bridgehead atoms. The lowest BCUT2D eigenvalue weighted by Gasteiger charge is -2.28. The van der Waals surface area contributed by atoms with Crippen molar-refractivity contribution in [3.05, 3.63) is 44.8 Å². The minimum atomic E-state index is -5.44. The number of rotatable bonds is 12. The number of halogens is 3. The number of carbonyl (C=O) groups is 2. The molecule has 14 heteroatoms. The van der Waals surface area contributed by atoms with Crippen molar-refractivity contribution in [1.29, 1.82) is 0 Å². The molecule has 2 aromatic rings. The fourth-order valence-corrected chi connectivity index (χ4v) is 5.10. The maximum Gasteiger partial charge on any atom is 0.511 e. The van der Waals surface area contributed by atoms with Crippen LogP contribution in [0.15, 0.2) is 35.0 Å². The molecule has 0 aliphatic carbocycles. The summed E-state index contributed by atoms with van der Waals surface area (Å²) in [5.41, 5.74) is -6.20. The Hall–Kier alpha value is -2.16. The number of sulfonamides is 1. The molecule has 8 nitrogen and oxygen atoms in total. The van der Waals surface area contributed by atoms with E-state index in [1.165, 1.54) is 27.4 Å². The molecule has 2 N–H and O–H groups in total. The van der Waals surface area contributed by atoms with Crippen LogP contribution in [0.1, 0.15) is 49.8 Å². The van der Waals surface area contributed by atoms with Gasteiger partial charge in [-0.05, 0) is 62.9 Å². The molecule has 0 spiro atoms. The van der Waals surface area contributed by atoms with Gasteiger partial charge in [-0.15, -0.1) is 22.7 Å². The number of unbranched alkanes of at least 4 members (excludes halogenated alkanes) is 1. The average molecular weight is 570 g/mol. The highest BCUT2D eigenvalue weighted by atomic mass is 32.2. The quantitative estimate of drug-likeness (QED) is 0.356. The molecule has 0 aliphatic rings. The molecule has 2 aromatic heterocycles. The van der Waals surface area contributed by atoms with Crippen LogP contribution in [0.25, 0.3) is 0 Å². The smallest absolute Gasteiger partial charge is 0.444 e. The minimum absolute atomic E-state index is 0.0327. The first kappa shape index (κ1) is 30.1. The van der Waals surface area contributed by atoms with Gasteiger partial charge < -0.3 is 15.0 Å². The van der Waals surface area contributed by atoms with Crippen molar-refractivity contribution in [2.75, 3.05) is 6.54 Å². The minimum Gasteiger partial charge on any atom is -0.444 e. The number of hydrogen-bond donors (Lipinski definition) is 2. The van der Waals surface area contributed by atoms with Crippen molar-refractivity contribution >= 4 is 44.7 Å². The van der Waals surface area contributed by atoms with Crippen molar-refractivity contribution in [2.24, 2.45) is 0 Å². The third-order valence-corrected chi connectivity index (χ3v) is 7.59. The highest BCUT2D eigenvalue weighted by Gasteiger charge is 2.45. The summed E-state index contributed by atoms with van der Waals surface area (Å²) < 4.78 is 66.6. The molecule has 36 heavy (non-hydrogen) atoms. The molecule has 0 saturated carbocycles. The second-order valence-corrected chi connectivity index (χ2v) is 12.7. The molecule has 0 aromatic carbocycles. The van der Waals surface area contributed by atoms with Gasteiger partial charge in [0, 0.05) is 16.3 Å². The molecule has 202 valence electrons. The van der Waals surface area contributed by atoms with E-state index in [2.05, 4.69) is 5.32 Å². The van der Waals surface area contributed by atoms with Gasteiger partial charge in [0.1, 0.15) is 11.6 Å². The van der Waals surface area contributed by atoms with E-state index >= 15 is 0 Å². The van der Waals surface area contributed by atoms with Crippen molar-refractivity contribution in [3.8, 4) is 0 Å². The number of alkyl carbamates (subject to hydrolysis) is 1. The highest BCUT2D eigenvalue weighted by Crippen LogP contribution is 2.22. The van der Waals surface area contributed by atoms with Gasteiger partial charge in [-0.3, -0.25) is 4.79 Å². The Bertz CT molecular complexity index is 1030. The number of amides is 2. The Morgan fingerprint density at radius 1 is 1.03 bits per heavy atom. The molecule has 2 amide bonds. The third kappa shape index (κ3) is 10.1. The van der Waals surface area contributed by atoms with Crippen LogP contribution in [0, 0.1) is 0 Å². The molecule has 2 heterocycles. The van der Waals surface area contributed by atoms with Crippen molar-refractivity contribution in [1.82, 2.24) is 14.9 Å². The summed E-state index contributed by atoms with van der Waals surface area (Å²) in [5, 5.41) is 6.36.